The molecule has 6 rings (SSSR count). The third-order valence-electron chi connectivity index (χ3n) is 6.35. The minimum absolute atomic E-state index is 0.259. The summed E-state index contributed by atoms with van der Waals surface area (Å²) in [6, 6.07) is 34.4. The van der Waals surface area contributed by atoms with Gasteiger partial charge in [0.25, 0.3) is 12.9 Å². The summed E-state index contributed by atoms with van der Waals surface area (Å²) in [6.07, 6.45) is 3.14. The zero-order valence-electron chi connectivity index (χ0n) is 23.0. The molecule has 44 heavy (non-hydrogen) atoms. The molecule has 0 atom stereocenters. The molecule has 9 heteroatoms. The first kappa shape index (κ1) is 28.0. The highest BCUT2D eigenvalue weighted by atomic mass is 32.1. The molecular formula is C35H22N4O4S. The first-order valence-electron chi connectivity index (χ1n) is 13.4. The van der Waals surface area contributed by atoms with Gasteiger partial charge in [0.15, 0.2) is 0 Å². The topological polar surface area (TPSA) is 94.5 Å². The van der Waals surface area contributed by atoms with Crippen LogP contribution in [0.5, 0.6) is 11.5 Å². The Morgan fingerprint density at radius 1 is 0.614 bits per heavy atom. The van der Waals surface area contributed by atoms with Crippen molar-refractivity contribution in [3.05, 3.63) is 132 Å². The van der Waals surface area contributed by atoms with Gasteiger partial charge in [-0.3, -0.25) is 19.6 Å². The minimum Gasteiger partial charge on any atom is -0.429 e. The highest BCUT2D eigenvalue weighted by Crippen LogP contribution is 2.38. The van der Waals surface area contributed by atoms with Crippen molar-refractivity contribution in [2.45, 2.75) is 0 Å². The second-order valence-electron chi connectivity index (χ2n) is 9.20. The maximum absolute atomic E-state index is 11.1. The Morgan fingerprint density at radius 2 is 1.20 bits per heavy atom. The van der Waals surface area contributed by atoms with Crippen molar-refractivity contribution in [2.75, 3.05) is 4.90 Å². The highest BCUT2D eigenvalue weighted by Gasteiger charge is 2.14. The molecule has 0 saturated heterocycles. The second-order valence-corrected chi connectivity index (χ2v) is 10.3. The van der Waals surface area contributed by atoms with E-state index in [2.05, 4.69) is 62.0 Å². The average molecular weight is 595 g/mol. The van der Waals surface area contributed by atoms with Gasteiger partial charge in [0.1, 0.15) is 16.5 Å². The lowest BCUT2D eigenvalue weighted by Gasteiger charge is -2.23. The molecule has 0 fully saturated rings. The number of anilines is 3. The van der Waals surface area contributed by atoms with Gasteiger partial charge >= 0.3 is 0 Å². The number of pyridine rings is 3. The summed E-state index contributed by atoms with van der Waals surface area (Å²) in [5.41, 5.74) is 4.66. The van der Waals surface area contributed by atoms with Gasteiger partial charge in [0, 0.05) is 47.5 Å². The summed E-state index contributed by atoms with van der Waals surface area (Å²) >= 11 is 1.60. The molecule has 0 spiro atoms. The Balaban J connectivity index is 1.30. The van der Waals surface area contributed by atoms with E-state index in [9.17, 15) is 9.59 Å². The lowest BCUT2D eigenvalue weighted by Crippen LogP contribution is -2.07. The highest BCUT2D eigenvalue weighted by molar-refractivity contribution is 7.16. The Morgan fingerprint density at radius 3 is 1.86 bits per heavy atom. The van der Waals surface area contributed by atoms with E-state index in [1.807, 2.05) is 54.6 Å². The predicted molar refractivity (Wildman–Crippen MR) is 169 cm³/mol. The molecule has 0 N–H and O–H groups in total. The number of carbonyl (C=O) groups excluding carboxylic acids is 2. The van der Waals surface area contributed by atoms with Gasteiger partial charge in [-0.05, 0) is 54.6 Å². The van der Waals surface area contributed by atoms with Gasteiger partial charge in [-0.25, -0.2) is 4.98 Å². The SMILES string of the molecule is O=COc1ccnc(-c2cc(OC=O)cc(-c3cc(C#Cc4ccc(N(c5ccccc5)c5ccccc5)s4)ccn3)n2)c1. The fraction of sp³-hybridized carbons (Fsp3) is 0. The van der Waals surface area contributed by atoms with E-state index in [0.29, 0.717) is 41.5 Å². The van der Waals surface area contributed by atoms with E-state index < -0.39 is 0 Å². The molecule has 0 aliphatic heterocycles. The van der Waals surface area contributed by atoms with Crippen molar-refractivity contribution in [3.8, 4) is 46.1 Å². The molecule has 4 aromatic heterocycles. The zero-order chi connectivity index (χ0) is 30.1. The molecule has 212 valence electrons. The number of nitrogens with zero attached hydrogens (tertiary/aromatic N) is 4. The standard InChI is InChI=1S/C35H22N4O4S/c40-23-42-28-16-18-37-32(20-28)34-22-29(43-24-41)21-33(38-34)31-19-25(15-17-36-31)11-12-30-13-14-35(44-30)39(26-7-3-1-4-8-26)27-9-5-2-6-10-27/h1-10,13-24H. The first-order valence-corrected chi connectivity index (χ1v) is 14.2. The van der Waals surface area contributed by atoms with Crippen molar-refractivity contribution in [1.29, 1.82) is 0 Å². The molecule has 8 nitrogen and oxygen atoms in total. The summed E-state index contributed by atoms with van der Waals surface area (Å²) in [4.78, 5) is 38.5. The monoisotopic (exact) mass is 594 g/mol. The number of hydrogen-bond donors (Lipinski definition) is 0. The van der Waals surface area contributed by atoms with Gasteiger partial charge in [-0.15, -0.1) is 11.3 Å². The van der Waals surface area contributed by atoms with Crippen molar-refractivity contribution >= 4 is 40.7 Å². The molecule has 0 saturated carbocycles. The number of para-hydroxylation sites is 2. The summed E-state index contributed by atoms with van der Waals surface area (Å²) in [5.74, 6) is 7.07. The fourth-order valence-electron chi connectivity index (χ4n) is 4.43. The van der Waals surface area contributed by atoms with Gasteiger partial charge in [0.05, 0.1) is 27.7 Å². The van der Waals surface area contributed by atoms with Crippen LogP contribution < -0.4 is 14.4 Å². The summed E-state index contributed by atoms with van der Waals surface area (Å²) < 4.78 is 10.1. The number of benzene rings is 2. The largest absolute Gasteiger partial charge is 0.429 e. The van der Waals surface area contributed by atoms with Crippen LogP contribution in [0.15, 0.2) is 122 Å². The molecule has 0 amide bonds. The molecule has 0 aliphatic rings. The van der Waals surface area contributed by atoms with Gasteiger partial charge in [-0.1, -0.05) is 48.2 Å². The predicted octanol–water partition coefficient (Wildman–Crippen LogP) is 7.21. The van der Waals surface area contributed by atoms with Crippen LogP contribution in [0.2, 0.25) is 0 Å². The second kappa shape index (κ2) is 13.2. The molecular weight excluding hydrogens is 572 g/mol. The minimum atomic E-state index is 0.259. The van der Waals surface area contributed by atoms with Crippen molar-refractivity contribution in [3.63, 3.8) is 0 Å². The quantitative estimate of drug-likeness (QED) is 0.128. The van der Waals surface area contributed by atoms with Crippen molar-refractivity contribution < 1.29 is 19.1 Å². The van der Waals surface area contributed by atoms with Crippen molar-refractivity contribution in [2.24, 2.45) is 0 Å². The first-order chi connectivity index (χ1) is 21.7. The van der Waals surface area contributed by atoms with E-state index in [1.54, 1.807) is 41.8 Å². The van der Waals surface area contributed by atoms with Crippen LogP contribution in [0.4, 0.5) is 16.4 Å². The van der Waals surface area contributed by atoms with Crippen LogP contribution in [-0.2, 0) is 9.59 Å². The van der Waals surface area contributed by atoms with E-state index in [4.69, 9.17) is 9.47 Å². The maximum Gasteiger partial charge on any atom is 0.298 e. The third kappa shape index (κ3) is 6.51. The molecule has 6 aromatic rings. The summed E-state index contributed by atoms with van der Waals surface area (Å²) in [6.45, 7) is 0.670. The number of carbonyl (C=O) groups is 2. The Hall–Kier alpha value is -6.11. The zero-order valence-corrected chi connectivity index (χ0v) is 23.8. The molecule has 0 bridgehead atoms. The van der Waals surface area contributed by atoms with Crippen LogP contribution in [0, 0.1) is 11.8 Å². The smallest absolute Gasteiger partial charge is 0.298 e. The van der Waals surface area contributed by atoms with Crippen LogP contribution >= 0.6 is 11.3 Å². The Bertz CT molecular complexity index is 1950. The van der Waals surface area contributed by atoms with Crippen LogP contribution in [0.25, 0.3) is 22.8 Å². The maximum atomic E-state index is 11.1. The van der Waals surface area contributed by atoms with Gasteiger partial charge in [0.2, 0.25) is 0 Å². The summed E-state index contributed by atoms with van der Waals surface area (Å²) in [7, 11) is 0. The molecule has 0 radical (unpaired) electrons. The molecule has 2 aromatic carbocycles. The van der Waals surface area contributed by atoms with Crippen molar-refractivity contribution in [1.82, 2.24) is 15.0 Å². The average Bonchev–Trinajstić information content (AvgIpc) is 3.54. The van der Waals surface area contributed by atoms with E-state index in [-0.39, 0.29) is 5.75 Å². The Kier molecular flexibility index (Phi) is 8.44. The van der Waals surface area contributed by atoms with Gasteiger partial charge in [-0.2, -0.15) is 0 Å². The van der Waals surface area contributed by atoms with E-state index in [0.717, 1.165) is 26.8 Å². The summed E-state index contributed by atoms with van der Waals surface area (Å²) in [5, 5.41) is 1.04. The molecule has 4 heterocycles. The Labute approximate surface area is 257 Å². The van der Waals surface area contributed by atoms with E-state index in [1.165, 1.54) is 6.20 Å². The third-order valence-corrected chi connectivity index (χ3v) is 7.34. The number of ether oxygens (including phenoxy) is 2. The van der Waals surface area contributed by atoms with Crippen LogP contribution in [0.1, 0.15) is 10.4 Å². The van der Waals surface area contributed by atoms with Crippen LogP contribution in [0.3, 0.4) is 0 Å². The number of aromatic nitrogens is 3. The fourth-order valence-corrected chi connectivity index (χ4v) is 5.33. The number of rotatable bonds is 9. The number of thiophene rings is 1. The van der Waals surface area contributed by atoms with E-state index >= 15 is 0 Å². The lowest BCUT2D eigenvalue weighted by molar-refractivity contribution is -0.121. The van der Waals surface area contributed by atoms with Crippen LogP contribution in [-0.4, -0.2) is 27.9 Å². The molecule has 0 unspecified atom stereocenters. The van der Waals surface area contributed by atoms with Gasteiger partial charge < -0.3 is 14.4 Å². The normalized spacial score (nSPS) is 10.3. The number of hydrogen-bond acceptors (Lipinski definition) is 9. The molecule has 0 aliphatic carbocycles. The lowest BCUT2D eigenvalue weighted by atomic mass is 10.1.